The van der Waals surface area contributed by atoms with Crippen molar-refractivity contribution in [3.63, 3.8) is 0 Å². The number of likely N-dealkylation sites (tertiary alicyclic amines) is 1. The maximum absolute atomic E-state index is 12.1. The first-order valence-electron chi connectivity index (χ1n) is 8.44. The number of hydrogen-bond donors (Lipinski definition) is 1. The van der Waals surface area contributed by atoms with Gasteiger partial charge in [0.05, 0.1) is 6.54 Å². The van der Waals surface area contributed by atoms with Crippen molar-refractivity contribution in [1.82, 2.24) is 10.2 Å². The Balaban J connectivity index is 1.71. The lowest BCUT2D eigenvalue weighted by molar-refractivity contribution is -0.136. The van der Waals surface area contributed by atoms with E-state index in [1.165, 1.54) is 0 Å². The highest BCUT2D eigenvalue weighted by Gasteiger charge is 2.24. The monoisotopic (exact) mass is 352 g/mol. The van der Waals surface area contributed by atoms with E-state index in [2.05, 4.69) is 5.32 Å². The highest BCUT2D eigenvalue weighted by molar-refractivity contribution is 6.30. The highest BCUT2D eigenvalue weighted by atomic mass is 35.5. The van der Waals surface area contributed by atoms with Crippen LogP contribution in [0.2, 0.25) is 5.02 Å². The van der Waals surface area contributed by atoms with Crippen LogP contribution in [0.5, 0.6) is 5.75 Å². The molecule has 0 saturated carbocycles. The Bertz CT molecular complexity index is 562. The molecule has 1 heterocycles. The fourth-order valence-corrected chi connectivity index (χ4v) is 2.91. The van der Waals surface area contributed by atoms with E-state index in [9.17, 15) is 9.59 Å². The lowest BCUT2D eigenvalue weighted by Crippen LogP contribution is -2.44. The standard InChI is InChI=1S/C18H25ClN2O3/c1-13(21-10-4-3-5-18(21)23)11-17(22)20-12-14(2)24-16-8-6-15(19)7-9-16/h6-9,13-14H,3-5,10-12H2,1-2H3,(H,20,22). The van der Waals surface area contributed by atoms with E-state index in [4.69, 9.17) is 16.3 Å². The van der Waals surface area contributed by atoms with Crippen molar-refractivity contribution < 1.29 is 14.3 Å². The molecule has 1 aromatic carbocycles. The molecule has 0 aliphatic carbocycles. The highest BCUT2D eigenvalue weighted by Crippen LogP contribution is 2.17. The summed E-state index contributed by atoms with van der Waals surface area (Å²) in [5, 5.41) is 3.53. The van der Waals surface area contributed by atoms with Gasteiger partial charge in [0, 0.05) is 30.5 Å². The van der Waals surface area contributed by atoms with Crippen molar-refractivity contribution in [2.75, 3.05) is 13.1 Å². The second-order valence-electron chi connectivity index (χ2n) is 6.28. The minimum Gasteiger partial charge on any atom is -0.489 e. The van der Waals surface area contributed by atoms with Crippen LogP contribution >= 0.6 is 11.6 Å². The van der Waals surface area contributed by atoms with Crippen molar-refractivity contribution in [2.45, 2.75) is 51.7 Å². The van der Waals surface area contributed by atoms with Crippen molar-refractivity contribution in [2.24, 2.45) is 0 Å². The van der Waals surface area contributed by atoms with Crippen molar-refractivity contribution in [1.29, 1.82) is 0 Å². The summed E-state index contributed by atoms with van der Waals surface area (Å²) in [6.45, 7) is 4.99. The summed E-state index contributed by atoms with van der Waals surface area (Å²) in [6, 6.07) is 7.05. The van der Waals surface area contributed by atoms with Gasteiger partial charge in [-0.05, 0) is 51.0 Å². The predicted octanol–water partition coefficient (Wildman–Crippen LogP) is 3.01. The quantitative estimate of drug-likeness (QED) is 0.820. The van der Waals surface area contributed by atoms with E-state index >= 15 is 0 Å². The second kappa shape index (κ2) is 8.92. The van der Waals surface area contributed by atoms with Crippen molar-refractivity contribution in [3.05, 3.63) is 29.3 Å². The van der Waals surface area contributed by atoms with Gasteiger partial charge in [-0.3, -0.25) is 9.59 Å². The molecule has 0 radical (unpaired) electrons. The van der Waals surface area contributed by atoms with Crippen LogP contribution in [0.15, 0.2) is 24.3 Å². The molecule has 0 spiro atoms. The van der Waals surface area contributed by atoms with Crippen LogP contribution in [0.25, 0.3) is 0 Å². The fourth-order valence-electron chi connectivity index (χ4n) is 2.79. The third kappa shape index (κ3) is 5.71. The summed E-state index contributed by atoms with van der Waals surface area (Å²) in [5.74, 6) is 0.807. The normalized spacial score (nSPS) is 17.3. The molecule has 24 heavy (non-hydrogen) atoms. The number of carbonyl (C=O) groups is 2. The smallest absolute Gasteiger partial charge is 0.222 e. The van der Waals surface area contributed by atoms with Crippen LogP contribution in [0.3, 0.4) is 0 Å². The van der Waals surface area contributed by atoms with E-state index in [1.807, 2.05) is 18.7 Å². The number of benzene rings is 1. The lowest BCUT2D eigenvalue weighted by atomic mass is 10.1. The first-order chi connectivity index (χ1) is 11.5. The average molecular weight is 353 g/mol. The molecule has 1 saturated heterocycles. The van der Waals surface area contributed by atoms with Crippen molar-refractivity contribution in [3.8, 4) is 5.75 Å². The summed E-state index contributed by atoms with van der Waals surface area (Å²) >= 11 is 5.83. The molecule has 0 bridgehead atoms. The summed E-state index contributed by atoms with van der Waals surface area (Å²) in [4.78, 5) is 25.8. The summed E-state index contributed by atoms with van der Waals surface area (Å²) < 4.78 is 5.72. The molecule has 132 valence electrons. The molecule has 1 aliphatic heterocycles. The minimum absolute atomic E-state index is 0.0626. The molecule has 5 nitrogen and oxygen atoms in total. The topological polar surface area (TPSA) is 58.6 Å². The predicted molar refractivity (Wildman–Crippen MR) is 94.2 cm³/mol. The van der Waals surface area contributed by atoms with E-state index in [0.717, 1.165) is 19.4 Å². The van der Waals surface area contributed by atoms with Gasteiger partial charge in [0.1, 0.15) is 11.9 Å². The number of nitrogens with zero attached hydrogens (tertiary/aromatic N) is 1. The maximum Gasteiger partial charge on any atom is 0.222 e. The number of hydrogen-bond acceptors (Lipinski definition) is 3. The zero-order chi connectivity index (χ0) is 17.5. The van der Waals surface area contributed by atoms with Crippen LogP contribution in [0.4, 0.5) is 0 Å². The number of carbonyl (C=O) groups excluding carboxylic acids is 2. The van der Waals surface area contributed by atoms with Gasteiger partial charge in [0.15, 0.2) is 0 Å². The molecule has 1 aliphatic rings. The number of rotatable bonds is 7. The van der Waals surface area contributed by atoms with Gasteiger partial charge in [-0.2, -0.15) is 0 Å². The lowest BCUT2D eigenvalue weighted by Gasteiger charge is -2.32. The molecule has 1 fully saturated rings. The fraction of sp³-hybridized carbons (Fsp3) is 0.556. The largest absolute Gasteiger partial charge is 0.489 e. The third-order valence-corrected chi connectivity index (χ3v) is 4.36. The Labute approximate surface area is 148 Å². The Morgan fingerprint density at radius 3 is 2.67 bits per heavy atom. The first-order valence-corrected chi connectivity index (χ1v) is 8.82. The zero-order valence-electron chi connectivity index (χ0n) is 14.3. The van der Waals surface area contributed by atoms with Gasteiger partial charge in [0.25, 0.3) is 0 Å². The number of ether oxygens (including phenoxy) is 1. The Hall–Kier alpha value is -1.75. The molecule has 1 aromatic rings. The van der Waals surface area contributed by atoms with Crippen LogP contribution in [-0.4, -0.2) is 41.9 Å². The number of halogens is 1. The SMILES string of the molecule is CC(CNC(=O)CC(C)N1CCCCC1=O)Oc1ccc(Cl)cc1. The van der Waals surface area contributed by atoms with Crippen molar-refractivity contribution >= 4 is 23.4 Å². The molecule has 2 unspecified atom stereocenters. The van der Waals surface area contributed by atoms with Gasteiger partial charge in [-0.25, -0.2) is 0 Å². The molecular weight excluding hydrogens is 328 g/mol. The second-order valence-corrected chi connectivity index (χ2v) is 6.72. The van der Waals surface area contributed by atoms with Gasteiger partial charge in [0.2, 0.25) is 11.8 Å². The molecule has 2 atom stereocenters. The van der Waals surface area contributed by atoms with Crippen LogP contribution in [0, 0.1) is 0 Å². The first kappa shape index (κ1) is 18.6. The van der Waals surface area contributed by atoms with Crippen LogP contribution < -0.4 is 10.1 Å². The zero-order valence-corrected chi connectivity index (χ0v) is 15.0. The van der Waals surface area contributed by atoms with Crippen LogP contribution in [-0.2, 0) is 9.59 Å². The Morgan fingerprint density at radius 2 is 2.00 bits per heavy atom. The molecule has 0 aromatic heterocycles. The molecule has 1 N–H and O–H groups in total. The molecule has 6 heteroatoms. The third-order valence-electron chi connectivity index (χ3n) is 4.11. The summed E-state index contributed by atoms with van der Waals surface area (Å²) in [7, 11) is 0. The summed E-state index contributed by atoms with van der Waals surface area (Å²) in [6.07, 6.45) is 2.73. The maximum atomic E-state index is 12.1. The number of amides is 2. The molecular formula is C18H25ClN2O3. The number of nitrogens with one attached hydrogen (secondary N) is 1. The van der Waals surface area contributed by atoms with E-state index in [1.54, 1.807) is 24.3 Å². The Kier molecular flexibility index (Phi) is 6.91. The summed E-state index contributed by atoms with van der Waals surface area (Å²) in [5.41, 5.74) is 0. The van der Waals surface area contributed by atoms with E-state index in [0.29, 0.717) is 30.2 Å². The van der Waals surface area contributed by atoms with Gasteiger partial charge in [-0.15, -0.1) is 0 Å². The van der Waals surface area contributed by atoms with Crippen LogP contribution in [0.1, 0.15) is 39.5 Å². The van der Waals surface area contributed by atoms with Gasteiger partial charge in [-0.1, -0.05) is 11.6 Å². The molecule has 2 amide bonds. The van der Waals surface area contributed by atoms with Gasteiger partial charge >= 0.3 is 0 Å². The van der Waals surface area contributed by atoms with E-state index < -0.39 is 0 Å². The average Bonchev–Trinajstić information content (AvgIpc) is 2.55. The molecule has 2 rings (SSSR count). The van der Waals surface area contributed by atoms with E-state index in [-0.39, 0.29) is 24.0 Å². The number of piperidine rings is 1. The minimum atomic E-state index is -0.151. The van der Waals surface area contributed by atoms with Gasteiger partial charge < -0.3 is 15.0 Å². The Morgan fingerprint density at radius 1 is 1.29 bits per heavy atom.